The van der Waals surface area contributed by atoms with Gasteiger partial charge in [0.05, 0.1) is 6.54 Å². The van der Waals surface area contributed by atoms with Crippen LogP contribution in [0.5, 0.6) is 0 Å². The summed E-state index contributed by atoms with van der Waals surface area (Å²) in [4.78, 5) is 14.5. The van der Waals surface area contributed by atoms with Crippen LogP contribution in [0, 0.1) is 11.3 Å². The number of hydrogen-bond donors (Lipinski definition) is 1. The number of carbonyl (C=O) groups is 1. The molecule has 1 aromatic carbocycles. The van der Waals surface area contributed by atoms with Crippen molar-refractivity contribution in [1.82, 2.24) is 10.2 Å². The van der Waals surface area contributed by atoms with Gasteiger partial charge in [-0.05, 0) is 49.9 Å². The fraction of sp³-hybridized carbons (Fsp3) is 0.500. The van der Waals surface area contributed by atoms with Gasteiger partial charge in [-0.2, -0.15) is 0 Å². The molecule has 4 nitrogen and oxygen atoms in total. The van der Waals surface area contributed by atoms with E-state index in [-0.39, 0.29) is 24.2 Å². The molecule has 2 fully saturated rings. The van der Waals surface area contributed by atoms with Gasteiger partial charge in [-0.3, -0.25) is 4.79 Å². The first-order valence-electron chi connectivity index (χ1n) is 8.11. The fourth-order valence-electron chi connectivity index (χ4n) is 3.87. The summed E-state index contributed by atoms with van der Waals surface area (Å²) in [5.74, 6) is 1.36. The molecule has 1 saturated heterocycles. The van der Waals surface area contributed by atoms with Crippen molar-refractivity contribution in [2.75, 3.05) is 20.1 Å². The third kappa shape index (κ3) is 2.98. The van der Waals surface area contributed by atoms with Crippen LogP contribution in [0.2, 0.25) is 0 Å². The van der Waals surface area contributed by atoms with Gasteiger partial charge in [0.1, 0.15) is 11.3 Å². The molecular weight excluding hydrogens is 312 g/mol. The van der Waals surface area contributed by atoms with Crippen LogP contribution in [0.15, 0.2) is 34.7 Å². The molecule has 2 aliphatic rings. The molecule has 1 aliphatic heterocycles. The Morgan fingerprint density at radius 2 is 2.09 bits per heavy atom. The van der Waals surface area contributed by atoms with Gasteiger partial charge in [0.2, 0.25) is 5.91 Å². The van der Waals surface area contributed by atoms with Gasteiger partial charge >= 0.3 is 0 Å². The maximum atomic E-state index is 12.7. The van der Waals surface area contributed by atoms with Crippen molar-refractivity contribution in [1.29, 1.82) is 0 Å². The van der Waals surface area contributed by atoms with E-state index in [2.05, 4.69) is 5.32 Å². The quantitative estimate of drug-likeness (QED) is 0.937. The highest BCUT2D eigenvalue weighted by Crippen LogP contribution is 2.59. The lowest BCUT2D eigenvalue weighted by Gasteiger charge is -2.24. The Morgan fingerprint density at radius 3 is 2.83 bits per heavy atom. The van der Waals surface area contributed by atoms with E-state index in [9.17, 15) is 4.79 Å². The molecule has 1 spiro atoms. The lowest BCUT2D eigenvalue weighted by atomic mass is 9.91. The summed E-state index contributed by atoms with van der Waals surface area (Å²) < 4.78 is 5.82. The van der Waals surface area contributed by atoms with Gasteiger partial charge in [-0.25, -0.2) is 0 Å². The molecule has 1 unspecified atom stereocenters. The van der Waals surface area contributed by atoms with Crippen molar-refractivity contribution in [2.24, 2.45) is 11.3 Å². The van der Waals surface area contributed by atoms with Crippen molar-refractivity contribution < 1.29 is 9.21 Å². The molecule has 1 N–H and O–H groups in total. The summed E-state index contributed by atoms with van der Waals surface area (Å²) in [5.41, 5.74) is 1.18. The number of furan rings is 1. The molecule has 124 valence electrons. The highest BCUT2D eigenvalue weighted by molar-refractivity contribution is 5.85. The number of piperidine rings is 1. The first-order valence-corrected chi connectivity index (χ1v) is 8.11. The second kappa shape index (κ2) is 6.17. The Bertz CT molecular complexity index is 673. The monoisotopic (exact) mass is 334 g/mol. The Labute approximate surface area is 142 Å². The topological polar surface area (TPSA) is 45.5 Å². The molecule has 1 amide bonds. The summed E-state index contributed by atoms with van der Waals surface area (Å²) in [6.45, 7) is 2.66. The number of fused-ring (bicyclic) bond motifs is 1. The molecule has 1 aromatic heterocycles. The van der Waals surface area contributed by atoms with E-state index in [1.54, 1.807) is 0 Å². The number of carbonyl (C=O) groups excluding carboxylic acids is 1. The molecule has 2 aromatic rings. The molecule has 1 atom stereocenters. The van der Waals surface area contributed by atoms with Crippen LogP contribution in [0.3, 0.4) is 0 Å². The average molecular weight is 335 g/mol. The van der Waals surface area contributed by atoms with Crippen molar-refractivity contribution in [3.8, 4) is 0 Å². The minimum atomic E-state index is 0. The molecule has 0 radical (unpaired) electrons. The summed E-state index contributed by atoms with van der Waals surface area (Å²) in [6.07, 6.45) is 3.35. The second-order valence-corrected chi connectivity index (χ2v) is 6.81. The van der Waals surface area contributed by atoms with Gasteiger partial charge in [0.15, 0.2) is 0 Å². The summed E-state index contributed by atoms with van der Waals surface area (Å²) in [6, 6.07) is 10.0. The van der Waals surface area contributed by atoms with Crippen LogP contribution >= 0.6 is 12.4 Å². The zero-order valence-corrected chi connectivity index (χ0v) is 14.2. The molecule has 1 aliphatic carbocycles. The van der Waals surface area contributed by atoms with Gasteiger partial charge in [-0.15, -0.1) is 12.4 Å². The second-order valence-electron chi connectivity index (χ2n) is 6.81. The lowest BCUT2D eigenvalue weighted by Crippen LogP contribution is -2.34. The number of benzene rings is 1. The average Bonchev–Trinajstić information content (AvgIpc) is 3.05. The van der Waals surface area contributed by atoms with Gasteiger partial charge < -0.3 is 14.6 Å². The van der Waals surface area contributed by atoms with Crippen molar-refractivity contribution in [2.45, 2.75) is 25.8 Å². The smallest absolute Gasteiger partial charge is 0.226 e. The van der Waals surface area contributed by atoms with Crippen LogP contribution in [0.25, 0.3) is 11.0 Å². The summed E-state index contributed by atoms with van der Waals surface area (Å²) in [7, 11) is 1.89. The number of nitrogens with one attached hydrogen (secondary N) is 1. The molecule has 4 rings (SSSR count). The standard InChI is InChI=1S/C18H22N2O2.ClH/c1-20(12-14-10-13-4-2-3-5-16(13)22-14)17(21)15-11-18(15)6-8-19-9-7-18;/h2-5,10,15,19H,6-9,11-12H2,1H3;1H. The molecule has 5 heteroatoms. The van der Waals surface area contributed by atoms with Gasteiger partial charge in [0.25, 0.3) is 0 Å². The van der Waals surface area contributed by atoms with Crippen LogP contribution in [-0.4, -0.2) is 30.9 Å². The van der Waals surface area contributed by atoms with Crippen molar-refractivity contribution >= 4 is 29.3 Å². The zero-order valence-electron chi connectivity index (χ0n) is 13.4. The van der Waals surface area contributed by atoms with Crippen LogP contribution < -0.4 is 5.32 Å². The Morgan fingerprint density at radius 1 is 1.35 bits per heavy atom. The molecular formula is C18H23ClN2O2. The third-order valence-corrected chi connectivity index (χ3v) is 5.33. The number of nitrogens with zero attached hydrogens (tertiary/aromatic N) is 1. The predicted octanol–water partition coefficient (Wildman–Crippen LogP) is 3.20. The van der Waals surface area contributed by atoms with Gasteiger partial charge in [-0.1, -0.05) is 18.2 Å². The maximum Gasteiger partial charge on any atom is 0.226 e. The van der Waals surface area contributed by atoms with E-state index >= 15 is 0 Å². The van der Waals surface area contributed by atoms with E-state index in [4.69, 9.17) is 4.42 Å². The molecule has 0 bridgehead atoms. The first-order chi connectivity index (χ1) is 10.7. The highest BCUT2D eigenvalue weighted by Gasteiger charge is 2.58. The number of rotatable bonds is 3. The van der Waals surface area contributed by atoms with E-state index in [1.165, 1.54) is 0 Å². The van der Waals surface area contributed by atoms with E-state index < -0.39 is 0 Å². The van der Waals surface area contributed by atoms with Crippen LogP contribution in [-0.2, 0) is 11.3 Å². The number of amides is 1. The van der Waals surface area contributed by atoms with E-state index in [0.717, 1.165) is 49.1 Å². The predicted molar refractivity (Wildman–Crippen MR) is 92.6 cm³/mol. The van der Waals surface area contributed by atoms with E-state index in [1.807, 2.05) is 42.3 Å². The van der Waals surface area contributed by atoms with Crippen LogP contribution in [0.1, 0.15) is 25.0 Å². The third-order valence-electron chi connectivity index (χ3n) is 5.33. The normalized spacial score (nSPS) is 21.9. The van der Waals surface area contributed by atoms with Crippen molar-refractivity contribution in [3.05, 3.63) is 36.1 Å². The first kappa shape index (κ1) is 16.3. The Hall–Kier alpha value is -1.52. The van der Waals surface area contributed by atoms with E-state index in [0.29, 0.717) is 12.0 Å². The number of para-hydroxylation sites is 1. The maximum absolute atomic E-state index is 12.7. The largest absolute Gasteiger partial charge is 0.459 e. The Kier molecular flexibility index (Phi) is 4.39. The molecule has 1 saturated carbocycles. The highest BCUT2D eigenvalue weighted by atomic mass is 35.5. The lowest BCUT2D eigenvalue weighted by molar-refractivity contribution is -0.133. The molecule has 2 heterocycles. The fourth-order valence-corrected chi connectivity index (χ4v) is 3.87. The summed E-state index contributed by atoms with van der Waals surface area (Å²) in [5, 5.41) is 4.48. The number of halogens is 1. The molecule has 23 heavy (non-hydrogen) atoms. The Balaban J connectivity index is 0.00000156. The van der Waals surface area contributed by atoms with Crippen molar-refractivity contribution in [3.63, 3.8) is 0 Å². The number of hydrogen-bond acceptors (Lipinski definition) is 3. The van der Waals surface area contributed by atoms with Gasteiger partial charge in [0, 0.05) is 18.4 Å². The minimum Gasteiger partial charge on any atom is -0.459 e. The SMILES string of the molecule is CN(Cc1cc2ccccc2o1)C(=O)C1CC12CCNCC2.Cl. The van der Waals surface area contributed by atoms with Crippen LogP contribution in [0.4, 0.5) is 0 Å². The minimum absolute atomic E-state index is 0. The summed E-state index contributed by atoms with van der Waals surface area (Å²) >= 11 is 0. The zero-order chi connectivity index (χ0) is 15.2.